The second kappa shape index (κ2) is 6.60. The van der Waals surface area contributed by atoms with Crippen molar-refractivity contribution in [2.75, 3.05) is 7.05 Å². The zero-order valence-corrected chi connectivity index (χ0v) is 14.9. The maximum atomic E-state index is 13.0. The molecule has 7 nitrogen and oxygen atoms in total. The Morgan fingerprint density at radius 1 is 1.29 bits per heavy atom. The lowest BCUT2D eigenvalue weighted by Crippen LogP contribution is -2.52. The molecule has 1 aliphatic rings. The van der Waals surface area contributed by atoms with Crippen molar-refractivity contribution in [1.29, 1.82) is 5.26 Å². The summed E-state index contributed by atoms with van der Waals surface area (Å²) in [4.78, 5) is 26.3. The van der Waals surface area contributed by atoms with Gasteiger partial charge in [-0.15, -0.1) is 0 Å². The predicted octanol–water partition coefficient (Wildman–Crippen LogP) is 2.15. The monoisotopic (exact) mass is 388 g/mol. The number of halogens is 3. The molecule has 0 aromatic carbocycles. The zero-order valence-electron chi connectivity index (χ0n) is 14.9. The van der Waals surface area contributed by atoms with Gasteiger partial charge in [0.05, 0.1) is 11.3 Å². The van der Waals surface area contributed by atoms with Crippen LogP contribution >= 0.6 is 0 Å². The van der Waals surface area contributed by atoms with Gasteiger partial charge in [-0.25, -0.2) is 9.98 Å². The molecule has 2 N–H and O–H groups in total. The van der Waals surface area contributed by atoms with Crippen LogP contribution in [0.2, 0.25) is 0 Å². The molecule has 0 saturated heterocycles. The minimum Gasteiger partial charge on any atom is -0.369 e. The lowest BCUT2D eigenvalue weighted by Gasteiger charge is -2.40. The Hall–Kier alpha value is -3.48. The van der Waals surface area contributed by atoms with Crippen LogP contribution in [-0.4, -0.2) is 33.8 Å². The molecule has 0 fully saturated rings. The van der Waals surface area contributed by atoms with Gasteiger partial charge in [-0.05, 0) is 36.8 Å². The summed E-state index contributed by atoms with van der Waals surface area (Å²) in [5, 5.41) is 9.11. The van der Waals surface area contributed by atoms with Crippen LogP contribution in [0.4, 0.5) is 13.2 Å². The molecule has 1 amide bonds. The fourth-order valence-corrected chi connectivity index (χ4v) is 3.12. The third-order valence-corrected chi connectivity index (χ3v) is 4.70. The summed E-state index contributed by atoms with van der Waals surface area (Å²) in [6.45, 7) is 1.62. The topological polar surface area (TPSA) is 108 Å². The third kappa shape index (κ3) is 3.15. The Labute approximate surface area is 158 Å². The standard InChI is InChI=1S/C18H15F3N6O/c1-17(10-5-6-24-12(7-10)8-22)14(15(28)27(2)16(23)26-17)13-4-3-11(9-25-13)18(19,20)21/h3-7,9,14H,1-2H3,(H2,23,26)/t14-,17+/m0/s1. The van der Waals surface area contributed by atoms with Crippen LogP contribution in [0.25, 0.3) is 0 Å². The van der Waals surface area contributed by atoms with Crippen LogP contribution in [0.1, 0.15) is 35.4 Å². The largest absolute Gasteiger partial charge is 0.417 e. The number of nitrogens with two attached hydrogens (primary N) is 1. The fourth-order valence-electron chi connectivity index (χ4n) is 3.12. The van der Waals surface area contributed by atoms with Gasteiger partial charge in [0, 0.05) is 19.4 Å². The molecule has 1 aliphatic heterocycles. The lowest BCUT2D eigenvalue weighted by atomic mass is 9.76. The first-order valence-electron chi connectivity index (χ1n) is 8.10. The van der Waals surface area contributed by atoms with Crippen molar-refractivity contribution < 1.29 is 18.0 Å². The lowest BCUT2D eigenvalue weighted by molar-refractivity contribution is -0.137. The predicted molar refractivity (Wildman–Crippen MR) is 92.7 cm³/mol. The highest BCUT2D eigenvalue weighted by molar-refractivity contribution is 6.02. The number of aromatic nitrogens is 2. The van der Waals surface area contributed by atoms with Gasteiger partial charge in [-0.3, -0.25) is 14.7 Å². The summed E-state index contributed by atoms with van der Waals surface area (Å²) in [6.07, 6.45) is -2.47. The van der Waals surface area contributed by atoms with E-state index in [0.29, 0.717) is 11.8 Å². The Morgan fingerprint density at radius 3 is 2.57 bits per heavy atom. The van der Waals surface area contributed by atoms with Crippen LogP contribution in [0.15, 0.2) is 41.7 Å². The van der Waals surface area contributed by atoms with Gasteiger partial charge in [0.2, 0.25) is 5.91 Å². The first-order chi connectivity index (χ1) is 13.1. The van der Waals surface area contributed by atoms with Crippen molar-refractivity contribution in [3.8, 4) is 6.07 Å². The minimum atomic E-state index is -4.54. The van der Waals surface area contributed by atoms with E-state index in [2.05, 4.69) is 15.0 Å². The number of carbonyl (C=O) groups is 1. The summed E-state index contributed by atoms with van der Waals surface area (Å²) < 4.78 is 38.6. The van der Waals surface area contributed by atoms with E-state index in [1.54, 1.807) is 13.0 Å². The van der Waals surface area contributed by atoms with E-state index in [9.17, 15) is 18.0 Å². The van der Waals surface area contributed by atoms with Crippen LogP contribution in [0.5, 0.6) is 0 Å². The summed E-state index contributed by atoms with van der Waals surface area (Å²) >= 11 is 0. The molecule has 144 valence electrons. The van der Waals surface area contributed by atoms with Crippen LogP contribution < -0.4 is 5.73 Å². The molecule has 10 heteroatoms. The quantitative estimate of drug-likeness (QED) is 0.848. The molecule has 2 aromatic heterocycles. The molecule has 0 unspecified atom stereocenters. The number of rotatable bonds is 2. The van der Waals surface area contributed by atoms with Gasteiger partial charge in [0.1, 0.15) is 23.2 Å². The number of carbonyl (C=O) groups excluding carboxylic acids is 1. The van der Waals surface area contributed by atoms with Crippen molar-refractivity contribution in [2.24, 2.45) is 10.7 Å². The molecule has 3 rings (SSSR count). The summed E-state index contributed by atoms with van der Waals surface area (Å²) in [5.74, 6) is -1.57. The number of amides is 1. The van der Waals surface area contributed by atoms with Crippen LogP contribution in [0.3, 0.4) is 0 Å². The summed E-state index contributed by atoms with van der Waals surface area (Å²) in [6, 6.07) is 6.97. The molecule has 0 saturated carbocycles. The molecule has 0 radical (unpaired) electrons. The highest BCUT2D eigenvalue weighted by Crippen LogP contribution is 2.43. The van der Waals surface area contributed by atoms with Crippen LogP contribution in [0, 0.1) is 11.3 Å². The van der Waals surface area contributed by atoms with Gasteiger partial charge in [-0.1, -0.05) is 0 Å². The maximum Gasteiger partial charge on any atom is 0.417 e. The number of guanidine groups is 1. The molecular formula is C18H15F3N6O. The second-order valence-electron chi connectivity index (χ2n) is 6.46. The van der Waals surface area contributed by atoms with E-state index in [1.807, 2.05) is 6.07 Å². The molecule has 0 bridgehead atoms. The van der Waals surface area contributed by atoms with E-state index < -0.39 is 29.1 Å². The van der Waals surface area contributed by atoms with Crippen molar-refractivity contribution in [3.05, 3.63) is 59.2 Å². The fraction of sp³-hybridized carbons (Fsp3) is 0.278. The van der Waals surface area contributed by atoms with Gasteiger partial charge < -0.3 is 5.73 Å². The van der Waals surface area contributed by atoms with E-state index in [1.165, 1.54) is 19.3 Å². The van der Waals surface area contributed by atoms with Crippen molar-refractivity contribution in [2.45, 2.75) is 24.6 Å². The van der Waals surface area contributed by atoms with Crippen molar-refractivity contribution in [3.63, 3.8) is 0 Å². The Bertz CT molecular complexity index is 996. The average molecular weight is 388 g/mol. The number of likely N-dealkylation sites (N-methyl/N-ethyl adjacent to an activating group) is 1. The number of hydrogen-bond donors (Lipinski definition) is 1. The molecule has 3 heterocycles. The number of hydrogen-bond acceptors (Lipinski definition) is 6. The molecule has 0 spiro atoms. The third-order valence-electron chi connectivity index (χ3n) is 4.70. The number of aliphatic imine (C=N–C) groups is 1. The molecular weight excluding hydrogens is 373 g/mol. The van der Waals surface area contributed by atoms with Gasteiger partial charge in [0.25, 0.3) is 0 Å². The van der Waals surface area contributed by atoms with Crippen molar-refractivity contribution >= 4 is 11.9 Å². The first-order valence-corrected chi connectivity index (χ1v) is 8.10. The molecule has 28 heavy (non-hydrogen) atoms. The minimum absolute atomic E-state index is 0.0500. The Kier molecular flexibility index (Phi) is 4.54. The zero-order chi connectivity index (χ0) is 20.7. The van der Waals surface area contributed by atoms with E-state index in [4.69, 9.17) is 11.0 Å². The van der Waals surface area contributed by atoms with Gasteiger partial charge in [0.15, 0.2) is 5.96 Å². The van der Waals surface area contributed by atoms with E-state index in [-0.39, 0.29) is 17.3 Å². The Balaban J connectivity index is 2.18. The SMILES string of the molecule is CN1C(=O)[C@H](c2ccc(C(F)(F)F)cn2)[C@@](C)(c2ccnc(C#N)c2)N=C1N. The Morgan fingerprint density at radius 2 is 2.00 bits per heavy atom. The first kappa shape index (κ1) is 19.3. The molecule has 2 aromatic rings. The maximum absolute atomic E-state index is 13.0. The van der Waals surface area contributed by atoms with Gasteiger partial charge >= 0.3 is 6.18 Å². The van der Waals surface area contributed by atoms with E-state index >= 15 is 0 Å². The molecule has 2 atom stereocenters. The normalized spacial score (nSPS) is 22.6. The van der Waals surface area contributed by atoms with Crippen molar-refractivity contribution in [1.82, 2.24) is 14.9 Å². The number of alkyl halides is 3. The number of pyridine rings is 2. The summed E-state index contributed by atoms with van der Waals surface area (Å²) in [7, 11) is 1.42. The number of nitriles is 1. The summed E-state index contributed by atoms with van der Waals surface area (Å²) in [5.41, 5.74) is 4.36. The smallest absolute Gasteiger partial charge is 0.369 e. The van der Waals surface area contributed by atoms with Gasteiger partial charge in [-0.2, -0.15) is 18.4 Å². The highest BCUT2D eigenvalue weighted by atomic mass is 19.4. The molecule has 0 aliphatic carbocycles. The van der Waals surface area contributed by atoms with E-state index in [0.717, 1.165) is 17.0 Å². The highest BCUT2D eigenvalue weighted by Gasteiger charge is 2.48. The number of nitrogens with zero attached hydrogens (tertiary/aromatic N) is 5. The van der Waals surface area contributed by atoms with Crippen LogP contribution in [-0.2, 0) is 16.5 Å². The second-order valence-corrected chi connectivity index (χ2v) is 6.46. The average Bonchev–Trinajstić information content (AvgIpc) is 2.66.